The second-order valence-corrected chi connectivity index (χ2v) is 7.62. The Hall–Kier alpha value is -3.19. The van der Waals surface area contributed by atoms with Gasteiger partial charge in [0.1, 0.15) is 18.5 Å². The molecule has 1 aliphatic heterocycles. The molecule has 1 aromatic heterocycles. The Balaban J connectivity index is 1.50. The van der Waals surface area contributed by atoms with Gasteiger partial charge < -0.3 is 19.5 Å². The van der Waals surface area contributed by atoms with E-state index in [1.807, 2.05) is 66.1 Å². The zero-order chi connectivity index (χ0) is 21.6. The lowest BCUT2D eigenvalue weighted by molar-refractivity contribution is -0.130. The van der Waals surface area contributed by atoms with Gasteiger partial charge in [-0.15, -0.1) is 0 Å². The second kappa shape index (κ2) is 9.75. The Morgan fingerprint density at radius 1 is 1.16 bits per heavy atom. The van der Waals surface area contributed by atoms with Crippen LogP contribution in [0.2, 0.25) is 0 Å². The molecule has 2 heterocycles. The van der Waals surface area contributed by atoms with Crippen LogP contribution in [0.3, 0.4) is 0 Å². The molecule has 1 N–H and O–H groups in total. The van der Waals surface area contributed by atoms with Crippen molar-refractivity contribution in [3.63, 3.8) is 0 Å². The van der Waals surface area contributed by atoms with Crippen molar-refractivity contribution in [1.29, 1.82) is 0 Å². The molecule has 1 unspecified atom stereocenters. The lowest BCUT2D eigenvalue weighted by Crippen LogP contribution is -2.36. The molecule has 0 bridgehead atoms. The highest BCUT2D eigenvalue weighted by Crippen LogP contribution is 2.19. The molecule has 1 aliphatic rings. The van der Waals surface area contributed by atoms with E-state index in [1.165, 1.54) is 0 Å². The predicted molar refractivity (Wildman–Crippen MR) is 120 cm³/mol. The number of ether oxygens (including phenoxy) is 1. The molecule has 0 saturated carbocycles. The van der Waals surface area contributed by atoms with Gasteiger partial charge in [0.15, 0.2) is 0 Å². The molecule has 1 saturated heterocycles. The quantitative estimate of drug-likeness (QED) is 0.608. The van der Waals surface area contributed by atoms with Crippen molar-refractivity contribution in [1.82, 2.24) is 14.9 Å². The average Bonchev–Trinajstić information content (AvgIpc) is 3.44. The third kappa shape index (κ3) is 4.77. The van der Waals surface area contributed by atoms with Crippen molar-refractivity contribution >= 4 is 28.5 Å². The topological polar surface area (TPSA) is 76.5 Å². The van der Waals surface area contributed by atoms with Crippen molar-refractivity contribution in [2.45, 2.75) is 38.8 Å². The number of fused-ring (bicyclic) bond motifs is 1. The number of para-hydroxylation sites is 3. The minimum atomic E-state index is -0.343. The van der Waals surface area contributed by atoms with Gasteiger partial charge in [-0.1, -0.05) is 30.3 Å². The molecule has 2 amide bonds. The summed E-state index contributed by atoms with van der Waals surface area (Å²) >= 11 is 0. The van der Waals surface area contributed by atoms with Crippen LogP contribution in [-0.2, 0) is 27.3 Å². The van der Waals surface area contributed by atoms with E-state index in [4.69, 9.17) is 9.72 Å². The number of amides is 2. The lowest BCUT2D eigenvalue weighted by Gasteiger charge is -2.22. The molecule has 2 aromatic carbocycles. The first-order chi connectivity index (χ1) is 15.2. The van der Waals surface area contributed by atoms with Gasteiger partial charge in [-0.2, -0.15) is 0 Å². The first-order valence-electron chi connectivity index (χ1n) is 10.9. The highest BCUT2D eigenvalue weighted by molar-refractivity contribution is 5.94. The van der Waals surface area contributed by atoms with E-state index < -0.39 is 0 Å². The molecule has 0 spiro atoms. The van der Waals surface area contributed by atoms with Crippen molar-refractivity contribution < 1.29 is 14.3 Å². The zero-order valence-corrected chi connectivity index (χ0v) is 17.8. The van der Waals surface area contributed by atoms with Gasteiger partial charge >= 0.3 is 0 Å². The van der Waals surface area contributed by atoms with Crippen molar-refractivity contribution in [2.24, 2.45) is 0 Å². The third-order valence-corrected chi connectivity index (χ3v) is 5.58. The second-order valence-electron chi connectivity index (χ2n) is 7.62. The van der Waals surface area contributed by atoms with Gasteiger partial charge in [0, 0.05) is 31.8 Å². The summed E-state index contributed by atoms with van der Waals surface area (Å²) in [6.07, 6.45) is 1.89. The molecule has 31 heavy (non-hydrogen) atoms. The first kappa shape index (κ1) is 21.1. The predicted octanol–water partition coefficient (Wildman–Crippen LogP) is 2.93. The summed E-state index contributed by atoms with van der Waals surface area (Å²) in [4.78, 5) is 31.9. The minimum Gasteiger partial charge on any atom is -0.368 e. The molecule has 4 rings (SSSR count). The van der Waals surface area contributed by atoms with Crippen LogP contribution >= 0.6 is 0 Å². The number of carbonyl (C=O) groups excluding carboxylic acids is 2. The molecular formula is C24H28N4O3. The van der Waals surface area contributed by atoms with E-state index in [0.717, 1.165) is 35.4 Å². The van der Waals surface area contributed by atoms with Crippen molar-refractivity contribution in [2.75, 3.05) is 24.6 Å². The summed E-state index contributed by atoms with van der Waals surface area (Å²) in [5, 5.41) is 2.95. The van der Waals surface area contributed by atoms with Gasteiger partial charge in [-0.05, 0) is 44.0 Å². The number of likely N-dealkylation sites (N-methyl/N-ethyl adjacent to an activating group) is 1. The summed E-state index contributed by atoms with van der Waals surface area (Å²) < 4.78 is 7.40. The highest BCUT2D eigenvalue weighted by atomic mass is 16.5. The maximum Gasteiger partial charge on any atom is 0.249 e. The number of aromatic nitrogens is 2. The number of hydrogen-bond acceptors (Lipinski definition) is 4. The highest BCUT2D eigenvalue weighted by Gasteiger charge is 2.23. The molecule has 7 heteroatoms. The summed E-state index contributed by atoms with van der Waals surface area (Å²) in [5.41, 5.74) is 2.64. The molecule has 1 fully saturated rings. The number of carbonyl (C=O) groups is 2. The standard InChI is InChI=1S/C24H28N4O3/c1-2-27(18-9-4-3-5-10-18)23(29)17-28-20-12-7-6-11-19(20)26-22(28)14-15-25-24(30)21-13-8-16-31-21/h3-7,9-12,21H,2,8,13-17H2,1H3,(H,25,30). The van der Waals surface area contributed by atoms with Crippen LogP contribution in [0.15, 0.2) is 54.6 Å². The van der Waals surface area contributed by atoms with Gasteiger partial charge in [-0.25, -0.2) is 4.98 Å². The van der Waals surface area contributed by atoms with Crippen LogP contribution in [0.4, 0.5) is 5.69 Å². The summed E-state index contributed by atoms with van der Waals surface area (Å²) in [5.74, 6) is 0.713. The Morgan fingerprint density at radius 3 is 2.68 bits per heavy atom. The van der Waals surface area contributed by atoms with E-state index >= 15 is 0 Å². The Bertz CT molecular complexity index is 1040. The van der Waals surface area contributed by atoms with E-state index in [0.29, 0.717) is 26.1 Å². The Morgan fingerprint density at radius 2 is 1.94 bits per heavy atom. The van der Waals surface area contributed by atoms with Crippen LogP contribution in [-0.4, -0.2) is 47.2 Å². The van der Waals surface area contributed by atoms with Gasteiger partial charge in [0.05, 0.1) is 11.0 Å². The Labute approximate surface area is 182 Å². The van der Waals surface area contributed by atoms with Gasteiger partial charge in [0.25, 0.3) is 0 Å². The first-order valence-corrected chi connectivity index (χ1v) is 10.9. The van der Waals surface area contributed by atoms with E-state index in [2.05, 4.69) is 5.32 Å². The summed E-state index contributed by atoms with van der Waals surface area (Å²) in [6, 6.07) is 17.5. The van der Waals surface area contributed by atoms with Crippen LogP contribution < -0.4 is 10.2 Å². The number of rotatable bonds is 8. The van der Waals surface area contributed by atoms with Crippen LogP contribution in [0, 0.1) is 0 Å². The maximum atomic E-state index is 13.2. The van der Waals surface area contributed by atoms with Crippen molar-refractivity contribution in [3.8, 4) is 0 Å². The molecular weight excluding hydrogens is 392 g/mol. The van der Waals surface area contributed by atoms with Crippen LogP contribution in [0.25, 0.3) is 11.0 Å². The number of anilines is 1. The number of nitrogens with one attached hydrogen (secondary N) is 1. The van der Waals surface area contributed by atoms with Gasteiger partial charge in [-0.3, -0.25) is 9.59 Å². The molecule has 3 aromatic rings. The van der Waals surface area contributed by atoms with E-state index in [-0.39, 0.29) is 24.5 Å². The average molecular weight is 421 g/mol. The zero-order valence-electron chi connectivity index (χ0n) is 17.8. The lowest BCUT2D eigenvalue weighted by atomic mass is 10.2. The minimum absolute atomic E-state index is 0.00138. The molecule has 1 atom stereocenters. The fourth-order valence-corrected chi connectivity index (χ4v) is 4.02. The number of hydrogen-bond donors (Lipinski definition) is 1. The SMILES string of the molecule is CCN(C(=O)Cn1c(CCNC(=O)C2CCCO2)nc2ccccc21)c1ccccc1. The third-order valence-electron chi connectivity index (χ3n) is 5.58. The fraction of sp³-hybridized carbons (Fsp3) is 0.375. The molecule has 7 nitrogen and oxygen atoms in total. The monoisotopic (exact) mass is 420 g/mol. The largest absolute Gasteiger partial charge is 0.368 e. The summed E-state index contributed by atoms with van der Waals surface area (Å²) in [6.45, 7) is 3.84. The molecule has 0 radical (unpaired) electrons. The summed E-state index contributed by atoms with van der Waals surface area (Å²) in [7, 11) is 0. The number of imidazole rings is 1. The maximum absolute atomic E-state index is 13.2. The van der Waals surface area contributed by atoms with Crippen LogP contribution in [0.1, 0.15) is 25.6 Å². The van der Waals surface area contributed by atoms with Gasteiger partial charge in [0.2, 0.25) is 11.8 Å². The number of nitrogens with zero attached hydrogens (tertiary/aromatic N) is 3. The Kier molecular flexibility index (Phi) is 6.62. The fourth-order valence-electron chi connectivity index (χ4n) is 4.02. The number of benzene rings is 2. The smallest absolute Gasteiger partial charge is 0.249 e. The molecule has 162 valence electrons. The van der Waals surface area contributed by atoms with E-state index in [9.17, 15) is 9.59 Å². The normalized spacial score (nSPS) is 15.8. The van der Waals surface area contributed by atoms with E-state index in [1.54, 1.807) is 4.90 Å². The molecule has 0 aliphatic carbocycles. The van der Waals surface area contributed by atoms with Crippen LogP contribution in [0.5, 0.6) is 0 Å². The van der Waals surface area contributed by atoms with Crippen molar-refractivity contribution in [3.05, 3.63) is 60.4 Å².